The van der Waals surface area contributed by atoms with Crippen LogP contribution in [0.3, 0.4) is 0 Å². The third kappa shape index (κ3) is 3.82. The van der Waals surface area contributed by atoms with Crippen molar-refractivity contribution < 1.29 is 27.5 Å². The molecule has 1 fully saturated rings. The Morgan fingerprint density at radius 3 is 2.28 bits per heavy atom. The third-order valence-corrected chi connectivity index (χ3v) is 6.90. The molecule has 2 aromatic carbocycles. The number of aliphatic hydroxyl groups is 1. The summed E-state index contributed by atoms with van der Waals surface area (Å²) in [5, 5.41) is 10.9. The Hall–Kier alpha value is -3.72. The van der Waals surface area contributed by atoms with Crippen molar-refractivity contribution in [1.29, 1.82) is 0 Å². The third-order valence-electron chi connectivity index (χ3n) is 5.26. The number of carbonyl (C=O) groups excluding carboxylic acids is 2. The van der Waals surface area contributed by atoms with E-state index in [0.29, 0.717) is 11.1 Å². The highest BCUT2D eigenvalue weighted by Crippen LogP contribution is 2.29. The fourth-order valence-electron chi connectivity index (χ4n) is 3.53. The first-order valence-corrected chi connectivity index (χ1v) is 11.1. The summed E-state index contributed by atoms with van der Waals surface area (Å²) < 4.78 is 40.5. The lowest BCUT2D eigenvalue weighted by Crippen LogP contribution is -2.22. The van der Waals surface area contributed by atoms with Crippen molar-refractivity contribution in [2.75, 3.05) is 13.6 Å². The van der Waals surface area contributed by atoms with Crippen molar-refractivity contribution >= 4 is 27.5 Å². The Kier molecular flexibility index (Phi) is 5.43. The minimum Gasteiger partial charge on any atom is -0.507 e. The first-order chi connectivity index (χ1) is 15.2. The number of Topliss-reactive ketones (excluding diaryl/α,β-unsaturated/α-hetero) is 1. The molecule has 0 saturated carbocycles. The van der Waals surface area contributed by atoms with Crippen LogP contribution in [-0.2, 0) is 26.0 Å². The van der Waals surface area contributed by atoms with E-state index in [-0.39, 0.29) is 29.0 Å². The maximum atomic E-state index is 13.3. The summed E-state index contributed by atoms with van der Waals surface area (Å²) in [5.41, 5.74) is 1.08. The number of hydrogen-bond acceptors (Lipinski definition) is 5. The van der Waals surface area contributed by atoms with Crippen LogP contribution in [0, 0.1) is 5.82 Å². The molecule has 1 saturated heterocycles. The quantitative estimate of drug-likeness (QED) is 0.363. The lowest BCUT2D eigenvalue weighted by Gasteiger charge is -2.07. The number of halogens is 1. The Labute approximate surface area is 184 Å². The van der Waals surface area contributed by atoms with Gasteiger partial charge in [0.05, 0.1) is 17.0 Å². The van der Waals surface area contributed by atoms with E-state index < -0.39 is 33.3 Å². The SMILES string of the molecule is CN1C/C(=C(/O)c2cn(S(=O)(=O)c3ccccc3)cc2Cc2ccc(F)cc2)C(=O)C1=O. The molecule has 1 aliphatic heterocycles. The van der Waals surface area contributed by atoms with Crippen molar-refractivity contribution in [2.45, 2.75) is 11.3 Å². The Morgan fingerprint density at radius 2 is 1.69 bits per heavy atom. The van der Waals surface area contributed by atoms with E-state index in [9.17, 15) is 27.5 Å². The highest BCUT2D eigenvalue weighted by molar-refractivity contribution is 7.90. The van der Waals surface area contributed by atoms with Crippen LogP contribution in [0.1, 0.15) is 16.7 Å². The number of likely N-dealkylation sites (N-methyl/N-ethyl adjacent to an activating group) is 1. The number of nitrogens with zero attached hydrogens (tertiary/aromatic N) is 2. The summed E-state index contributed by atoms with van der Waals surface area (Å²) in [7, 11) is -2.54. The van der Waals surface area contributed by atoms with Crippen molar-refractivity contribution in [1.82, 2.24) is 8.87 Å². The van der Waals surface area contributed by atoms with Gasteiger partial charge in [-0.2, -0.15) is 0 Å². The van der Waals surface area contributed by atoms with E-state index in [1.165, 1.54) is 48.6 Å². The number of likely N-dealkylation sites (tertiary alicyclic amines) is 1. The number of hydrogen-bond donors (Lipinski definition) is 1. The van der Waals surface area contributed by atoms with Crippen LogP contribution in [0.5, 0.6) is 0 Å². The highest BCUT2D eigenvalue weighted by Gasteiger charge is 2.35. The van der Waals surface area contributed by atoms with Crippen LogP contribution in [0.2, 0.25) is 0 Å². The van der Waals surface area contributed by atoms with Gasteiger partial charge in [-0.3, -0.25) is 9.59 Å². The van der Waals surface area contributed by atoms with Crippen molar-refractivity contribution in [3.05, 3.63) is 95.1 Å². The molecule has 7 nitrogen and oxygen atoms in total. The zero-order valence-corrected chi connectivity index (χ0v) is 17.8. The summed E-state index contributed by atoms with van der Waals surface area (Å²) in [6.45, 7) is -0.0872. The summed E-state index contributed by atoms with van der Waals surface area (Å²) in [4.78, 5) is 25.4. The molecular formula is C23H19FN2O5S. The lowest BCUT2D eigenvalue weighted by molar-refractivity contribution is -0.138. The Balaban J connectivity index is 1.85. The molecule has 3 aromatic rings. The van der Waals surface area contributed by atoms with Gasteiger partial charge >= 0.3 is 0 Å². The molecule has 0 unspecified atom stereocenters. The highest BCUT2D eigenvalue weighted by atomic mass is 32.2. The van der Waals surface area contributed by atoms with Crippen LogP contribution in [0.25, 0.3) is 5.76 Å². The molecule has 1 amide bonds. The molecule has 164 valence electrons. The van der Waals surface area contributed by atoms with Gasteiger partial charge in [0.25, 0.3) is 21.7 Å². The van der Waals surface area contributed by atoms with Crippen LogP contribution >= 0.6 is 0 Å². The molecule has 0 radical (unpaired) electrons. The van der Waals surface area contributed by atoms with Gasteiger partial charge < -0.3 is 10.0 Å². The van der Waals surface area contributed by atoms with E-state index in [0.717, 1.165) is 3.97 Å². The molecule has 0 aliphatic carbocycles. The second-order valence-corrected chi connectivity index (χ2v) is 9.31. The molecule has 0 atom stereocenters. The van der Waals surface area contributed by atoms with Gasteiger partial charge in [-0.05, 0) is 41.8 Å². The van der Waals surface area contributed by atoms with Crippen molar-refractivity contribution in [2.24, 2.45) is 0 Å². The number of carbonyl (C=O) groups is 2. The van der Waals surface area contributed by atoms with E-state index in [4.69, 9.17) is 0 Å². The standard InChI is InChI=1S/C23H19FN2O5S/c1-25-13-20(22(28)23(25)29)21(27)19-14-26(32(30,31)18-5-3-2-4-6-18)12-16(19)11-15-7-9-17(24)10-8-15/h2-10,12,14,27H,11,13H2,1H3/b21-20-. The van der Waals surface area contributed by atoms with Crippen LogP contribution in [0.15, 0.2) is 77.5 Å². The van der Waals surface area contributed by atoms with Gasteiger partial charge in [0.2, 0.25) is 0 Å². The van der Waals surface area contributed by atoms with E-state index in [1.807, 2.05) is 0 Å². The smallest absolute Gasteiger partial charge is 0.294 e. The summed E-state index contributed by atoms with van der Waals surface area (Å²) in [6.07, 6.45) is 2.74. The van der Waals surface area contributed by atoms with Crippen molar-refractivity contribution in [3.8, 4) is 0 Å². The predicted molar refractivity (Wildman–Crippen MR) is 115 cm³/mol. The van der Waals surface area contributed by atoms with Gasteiger partial charge in [-0.1, -0.05) is 30.3 Å². The second kappa shape index (κ2) is 8.08. The average Bonchev–Trinajstić information content (AvgIpc) is 3.32. The Morgan fingerprint density at radius 1 is 1.03 bits per heavy atom. The number of benzene rings is 2. The van der Waals surface area contributed by atoms with Crippen LogP contribution in [-0.4, -0.2) is 47.7 Å². The molecule has 2 heterocycles. The average molecular weight is 454 g/mol. The van der Waals surface area contributed by atoms with Gasteiger partial charge in [0.1, 0.15) is 11.6 Å². The molecule has 0 bridgehead atoms. The summed E-state index contributed by atoms with van der Waals surface area (Å²) in [5.74, 6) is -2.45. The normalized spacial score (nSPS) is 16.0. The fraction of sp³-hybridized carbons (Fsp3) is 0.130. The van der Waals surface area contributed by atoms with E-state index in [2.05, 4.69) is 0 Å². The number of amides is 1. The minimum atomic E-state index is -3.97. The molecular weight excluding hydrogens is 435 g/mol. The molecule has 32 heavy (non-hydrogen) atoms. The minimum absolute atomic E-state index is 0.0499. The zero-order chi connectivity index (χ0) is 23.0. The topological polar surface area (TPSA) is 96.7 Å². The maximum Gasteiger partial charge on any atom is 0.294 e. The molecule has 1 aromatic heterocycles. The summed E-state index contributed by atoms with van der Waals surface area (Å²) in [6, 6.07) is 13.4. The number of ketones is 1. The largest absolute Gasteiger partial charge is 0.507 e. The fourth-order valence-corrected chi connectivity index (χ4v) is 4.78. The molecule has 1 aliphatic rings. The van der Waals surface area contributed by atoms with Gasteiger partial charge in [-0.15, -0.1) is 0 Å². The first kappa shape index (κ1) is 21.5. The van der Waals surface area contributed by atoms with Gasteiger partial charge in [-0.25, -0.2) is 16.8 Å². The number of aliphatic hydroxyl groups excluding tert-OH is 1. The Bertz CT molecular complexity index is 1340. The molecule has 0 spiro atoms. The lowest BCUT2D eigenvalue weighted by atomic mass is 10.0. The van der Waals surface area contributed by atoms with Gasteiger partial charge in [0, 0.05) is 25.0 Å². The monoisotopic (exact) mass is 454 g/mol. The molecule has 9 heteroatoms. The maximum absolute atomic E-state index is 13.3. The summed E-state index contributed by atoms with van der Waals surface area (Å²) >= 11 is 0. The molecule has 1 N–H and O–H groups in total. The second-order valence-electron chi connectivity index (χ2n) is 7.47. The first-order valence-electron chi connectivity index (χ1n) is 9.66. The predicted octanol–water partition coefficient (Wildman–Crippen LogP) is 2.77. The van der Waals surface area contributed by atoms with Crippen molar-refractivity contribution in [3.63, 3.8) is 0 Å². The van der Waals surface area contributed by atoms with E-state index >= 15 is 0 Å². The van der Waals surface area contributed by atoms with E-state index in [1.54, 1.807) is 30.3 Å². The number of aromatic nitrogens is 1. The van der Waals surface area contributed by atoms with Crippen LogP contribution < -0.4 is 0 Å². The van der Waals surface area contributed by atoms with Crippen LogP contribution in [0.4, 0.5) is 4.39 Å². The molecule has 4 rings (SSSR count). The number of rotatable bonds is 5. The zero-order valence-electron chi connectivity index (χ0n) is 17.0. The van der Waals surface area contributed by atoms with Gasteiger partial charge in [0.15, 0.2) is 0 Å².